The summed E-state index contributed by atoms with van der Waals surface area (Å²) in [5, 5.41) is 13.0. The Morgan fingerprint density at radius 2 is 2.29 bits per heavy atom. The fourth-order valence-corrected chi connectivity index (χ4v) is 1.98. The third-order valence-electron chi connectivity index (χ3n) is 2.19. The van der Waals surface area contributed by atoms with Gasteiger partial charge in [-0.3, -0.25) is 10.1 Å². The molecule has 0 bridgehead atoms. The number of nitro benzene ring substituents is 1. The van der Waals surface area contributed by atoms with Gasteiger partial charge in [-0.05, 0) is 12.1 Å². The Hall–Kier alpha value is -2.15. The van der Waals surface area contributed by atoms with Crippen LogP contribution in [0.15, 0.2) is 23.6 Å². The maximum Gasteiger partial charge on any atom is 0.311 e. The van der Waals surface area contributed by atoms with Gasteiger partial charge in [0.05, 0.1) is 17.7 Å². The highest BCUT2D eigenvalue weighted by atomic mass is 32.1. The number of anilines is 1. The molecular weight excluding hydrogens is 242 g/mol. The molecule has 0 unspecified atom stereocenters. The first-order valence-corrected chi connectivity index (χ1v) is 5.53. The van der Waals surface area contributed by atoms with Gasteiger partial charge >= 0.3 is 5.69 Å². The number of thiazole rings is 1. The molecule has 0 amide bonds. The highest BCUT2D eigenvalue weighted by Crippen LogP contribution is 2.32. The predicted molar refractivity (Wildman–Crippen MR) is 65.2 cm³/mol. The van der Waals surface area contributed by atoms with Crippen molar-refractivity contribution in [2.75, 3.05) is 12.8 Å². The summed E-state index contributed by atoms with van der Waals surface area (Å²) in [7, 11) is 1.39. The Kier molecular flexibility index (Phi) is 2.92. The van der Waals surface area contributed by atoms with E-state index in [4.69, 9.17) is 10.5 Å². The topological polar surface area (TPSA) is 91.3 Å². The van der Waals surface area contributed by atoms with Crippen LogP contribution in [0.4, 0.5) is 10.8 Å². The van der Waals surface area contributed by atoms with Crippen LogP contribution in [-0.2, 0) is 0 Å². The van der Waals surface area contributed by atoms with Gasteiger partial charge < -0.3 is 10.5 Å². The molecule has 0 atom stereocenters. The number of nitrogens with two attached hydrogens (primary N) is 1. The number of nitrogen functional groups attached to an aromatic ring is 1. The van der Waals surface area contributed by atoms with E-state index in [-0.39, 0.29) is 11.4 Å². The molecule has 0 aliphatic rings. The second kappa shape index (κ2) is 4.38. The highest BCUT2D eigenvalue weighted by molar-refractivity contribution is 7.13. The van der Waals surface area contributed by atoms with Crippen molar-refractivity contribution in [3.8, 4) is 17.0 Å². The first-order chi connectivity index (χ1) is 8.11. The van der Waals surface area contributed by atoms with E-state index in [2.05, 4.69) is 4.98 Å². The van der Waals surface area contributed by atoms with Gasteiger partial charge in [0.25, 0.3) is 0 Å². The molecule has 6 nitrogen and oxygen atoms in total. The van der Waals surface area contributed by atoms with Gasteiger partial charge in [0.1, 0.15) is 0 Å². The summed E-state index contributed by atoms with van der Waals surface area (Å²) in [5.74, 6) is 0.224. The summed E-state index contributed by atoms with van der Waals surface area (Å²) in [6.45, 7) is 0. The van der Waals surface area contributed by atoms with E-state index < -0.39 is 4.92 Å². The van der Waals surface area contributed by atoms with E-state index in [1.165, 1.54) is 24.5 Å². The molecule has 0 saturated carbocycles. The minimum atomic E-state index is -0.488. The van der Waals surface area contributed by atoms with Crippen LogP contribution in [0.5, 0.6) is 5.75 Å². The van der Waals surface area contributed by atoms with E-state index in [1.54, 1.807) is 17.5 Å². The Balaban J connectivity index is 2.50. The Morgan fingerprint density at radius 3 is 2.82 bits per heavy atom. The SMILES string of the molecule is COc1ccc(-c2csc(N)n2)cc1[N+](=O)[O-]. The van der Waals surface area contributed by atoms with E-state index in [0.717, 1.165) is 0 Å². The maximum atomic E-state index is 10.9. The quantitative estimate of drug-likeness (QED) is 0.667. The van der Waals surface area contributed by atoms with Crippen LogP contribution in [-0.4, -0.2) is 17.0 Å². The van der Waals surface area contributed by atoms with Crippen molar-refractivity contribution < 1.29 is 9.66 Å². The van der Waals surface area contributed by atoms with Crippen LogP contribution in [0, 0.1) is 10.1 Å². The van der Waals surface area contributed by atoms with Crippen molar-refractivity contribution in [2.24, 2.45) is 0 Å². The fraction of sp³-hybridized carbons (Fsp3) is 0.100. The van der Waals surface area contributed by atoms with Crippen molar-refractivity contribution in [1.82, 2.24) is 4.98 Å². The molecule has 0 saturated heterocycles. The van der Waals surface area contributed by atoms with Crippen molar-refractivity contribution in [3.05, 3.63) is 33.7 Å². The maximum absolute atomic E-state index is 10.9. The third-order valence-corrected chi connectivity index (χ3v) is 2.87. The lowest BCUT2D eigenvalue weighted by Gasteiger charge is -2.02. The second-order valence-electron chi connectivity index (χ2n) is 3.21. The molecule has 2 aromatic rings. The van der Waals surface area contributed by atoms with E-state index in [0.29, 0.717) is 16.4 Å². The van der Waals surface area contributed by atoms with Crippen molar-refractivity contribution in [1.29, 1.82) is 0 Å². The van der Waals surface area contributed by atoms with Gasteiger partial charge in [-0.1, -0.05) is 0 Å². The molecule has 17 heavy (non-hydrogen) atoms. The molecule has 0 aliphatic heterocycles. The summed E-state index contributed by atoms with van der Waals surface area (Å²) < 4.78 is 4.92. The van der Waals surface area contributed by atoms with Crippen LogP contribution in [0.3, 0.4) is 0 Å². The molecule has 7 heteroatoms. The van der Waals surface area contributed by atoms with Crippen LogP contribution in [0.25, 0.3) is 11.3 Å². The number of methoxy groups -OCH3 is 1. The molecule has 2 rings (SSSR count). The number of nitro groups is 1. The average molecular weight is 251 g/mol. The van der Waals surface area contributed by atoms with Crippen LogP contribution >= 0.6 is 11.3 Å². The molecular formula is C10H9N3O3S. The Labute approximate surface area is 101 Å². The van der Waals surface area contributed by atoms with Crippen molar-refractivity contribution in [3.63, 3.8) is 0 Å². The largest absolute Gasteiger partial charge is 0.490 e. The number of aromatic nitrogens is 1. The minimum absolute atomic E-state index is 0.0865. The number of ether oxygens (including phenoxy) is 1. The molecule has 88 valence electrons. The summed E-state index contributed by atoms with van der Waals surface area (Å²) in [4.78, 5) is 14.4. The van der Waals surface area contributed by atoms with E-state index in [1.807, 2.05) is 0 Å². The van der Waals surface area contributed by atoms with Gasteiger partial charge in [0.15, 0.2) is 10.9 Å². The minimum Gasteiger partial charge on any atom is -0.490 e. The second-order valence-corrected chi connectivity index (χ2v) is 4.10. The lowest BCUT2D eigenvalue weighted by molar-refractivity contribution is -0.385. The zero-order valence-electron chi connectivity index (χ0n) is 8.91. The van der Waals surface area contributed by atoms with Crippen molar-refractivity contribution in [2.45, 2.75) is 0 Å². The van der Waals surface area contributed by atoms with Gasteiger partial charge in [-0.15, -0.1) is 11.3 Å². The standard InChI is InChI=1S/C10H9N3O3S/c1-16-9-3-2-6(4-8(9)13(14)15)7-5-17-10(11)12-7/h2-5H,1H3,(H2,11,12). The monoisotopic (exact) mass is 251 g/mol. The van der Waals surface area contributed by atoms with Crippen LogP contribution < -0.4 is 10.5 Å². The zero-order chi connectivity index (χ0) is 12.4. The van der Waals surface area contributed by atoms with Gasteiger partial charge in [-0.25, -0.2) is 4.98 Å². The molecule has 1 aromatic carbocycles. The summed E-state index contributed by atoms with van der Waals surface area (Å²) in [5.41, 5.74) is 6.70. The molecule has 0 aliphatic carbocycles. The predicted octanol–water partition coefficient (Wildman–Crippen LogP) is 2.31. The zero-order valence-corrected chi connectivity index (χ0v) is 9.73. The molecule has 0 spiro atoms. The number of hydrogen-bond acceptors (Lipinski definition) is 6. The lowest BCUT2D eigenvalue weighted by Crippen LogP contribution is -1.94. The third kappa shape index (κ3) is 2.18. The number of benzene rings is 1. The van der Waals surface area contributed by atoms with Gasteiger partial charge in [0, 0.05) is 17.0 Å². The fourth-order valence-electron chi connectivity index (χ4n) is 1.41. The molecule has 1 aromatic heterocycles. The normalized spacial score (nSPS) is 10.2. The first-order valence-electron chi connectivity index (χ1n) is 4.65. The number of hydrogen-bond donors (Lipinski definition) is 1. The first kappa shape index (κ1) is 11.3. The average Bonchev–Trinajstić information content (AvgIpc) is 2.75. The molecule has 0 radical (unpaired) electrons. The van der Waals surface area contributed by atoms with Crippen LogP contribution in [0.2, 0.25) is 0 Å². The highest BCUT2D eigenvalue weighted by Gasteiger charge is 2.16. The smallest absolute Gasteiger partial charge is 0.311 e. The lowest BCUT2D eigenvalue weighted by atomic mass is 10.1. The summed E-state index contributed by atoms with van der Waals surface area (Å²) in [6.07, 6.45) is 0. The van der Waals surface area contributed by atoms with Crippen LogP contribution in [0.1, 0.15) is 0 Å². The Morgan fingerprint density at radius 1 is 1.53 bits per heavy atom. The van der Waals surface area contributed by atoms with E-state index >= 15 is 0 Å². The summed E-state index contributed by atoms with van der Waals surface area (Å²) in [6, 6.07) is 4.68. The molecule has 0 fully saturated rings. The number of nitrogens with zero attached hydrogens (tertiary/aromatic N) is 2. The van der Waals surface area contributed by atoms with Gasteiger partial charge in [-0.2, -0.15) is 0 Å². The van der Waals surface area contributed by atoms with Gasteiger partial charge in [0.2, 0.25) is 0 Å². The summed E-state index contributed by atoms with van der Waals surface area (Å²) >= 11 is 1.29. The van der Waals surface area contributed by atoms with Crippen molar-refractivity contribution >= 4 is 22.2 Å². The molecule has 2 N–H and O–H groups in total. The number of rotatable bonds is 3. The Bertz CT molecular complexity index is 568. The van der Waals surface area contributed by atoms with E-state index in [9.17, 15) is 10.1 Å². The molecule has 1 heterocycles.